The molecule has 30 heavy (non-hydrogen) atoms. The molecule has 152 valence electrons. The van der Waals surface area contributed by atoms with Crippen LogP contribution in [0.25, 0.3) is 0 Å². The molecule has 0 atom stereocenters. The maximum Gasteiger partial charge on any atom is 0.239 e. The van der Waals surface area contributed by atoms with Crippen LogP contribution in [0.5, 0.6) is 0 Å². The van der Waals surface area contributed by atoms with Gasteiger partial charge in [0.05, 0.1) is 4.90 Å². The van der Waals surface area contributed by atoms with Crippen LogP contribution < -0.4 is 5.14 Å². The maximum atomic E-state index is 12.6. The summed E-state index contributed by atoms with van der Waals surface area (Å²) in [5, 5.41) is 5.08. The molecule has 0 amide bonds. The Balaban J connectivity index is 1.81. The Morgan fingerprint density at radius 3 is 2.07 bits per heavy atom. The van der Waals surface area contributed by atoms with Gasteiger partial charge in [-0.3, -0.25) is 4.79 Å². The van der Waals surface area contributed by atoms with Crippen LogP contribution in [0.15, 0.2) is 82.7 Å². The Morgan fingerprint density at radius 1 is 0.833 bits per heavy atom. The fourth-order valence-electron chi connectivity index (χ4n) is 2.57. The van der Waals surface area contributed by atoms with Gasteiger partial charge in [-0.15, -0.1) is 0 Å². The van der Waals surface area contributed by atoms with Crippen molar-refractivity contribution in [2.45, 2.75) is 9.79 Å². The molecular weight excluding hydrogens is 424 g/mol. The zero-order valence-electron chi connectivity index (χ0n) is 15.5. The summed E-state index contributed by atoms with van der Waals surface area (Å²) in [6.07, 6.45) is 1.23. The second kappa shape index (κ2) is 8.59. The Bertz CT molecular complexity index is 1350. The van der Waals surface area contributed by atoms with E-state index in [0.717, 1.165) is 17.7 Å². The van der Waals surface area contributed by atoms with Crippen LogP contribution >= 0.6 is 0 Å². The molecule has 0 unspecified atom stereocenters. The number of carbonyl (C=O) groups excluding carboxylic acids is 1. The normalized spacial score (nSPS) is 11.4. The Hall–Kier alpha value is -3.32. The highest BCUT2D eigenvalue weighted by Gasteiger charge is 2.27. The topological polar surface area (TPSA) is 124 Å². The van der Waals surface area contributed by atoms with Crippen molar-refractivity contribution in [1.29, 1.82) is 0 Å². The molecule has 0 spiro atoms. The van der Waals surface area contributed by atoms with Gasteiger partial charge in [0.2, 0.25) is 10.0 Å². The van der Waals surface area contributed by atoms with Crippen molar-refractivity contribution >= 4 is 25.6 Å². The van der Waals surface area contributed by atoms with Crippen LogP contribution in [0, 0.1) is 11.8 Å². The quantitative estimate of drug-likeness (QED) is 0.476. The van der Waals surface area contributed by atoms with Crippen LogP contribution in [0.4, 0.5) is 0 Å². The van der Waals surface area contributed by atoms with Crippen molar-refractivity contribution in [2.75, 3.05) is 5.75 Å². The summed E-state index contributed by atoms with van der Waals surface area (Å²) >= 11 is 0. The van der Waals surface area contributed by atoms with E-state index in [9.17, 15) is 21.6 Å². The molecule has 1 heterocycles. The molecule has 0 aliphatic carbocycles. The summed E-state index contributed by atoms with van der Waals surface area (Å²) in [6.45, 7) is 0. The second-order valence-corrected chi connectivity index (χ2v) is 9.71. The summed E-state index contributed by atoms with van der Waals surface area (Å²) in [7, 11) is -8.51. The maximum absolute atomic E-state index is 12.6. The lowest BCUT2D eigenvalue weighted by Crippen LogP contribution is -2.21. The smallest absolute Gasteiger partial charge is 0.239 e. The summed E-state index contributed by atoms with van der Waals surface area (Å²) < 4.78 is 48.6. The van der Waals surface area contributed by atoms with Gasteiger partial charge in [-0.2, -0.15) is 0 Å². The third kappa shape index (κ3) is 5.18. The van der Waals surface area contributed by atoms with Crippen LogP contribution in [0.1, 0.15) is 21.6 Å². The molecule has 2 N–H and O–H groups in total. The lowest BCUT2D eigenvalue weighted by molar-refractivity contribution is 0.102. The van der Waals surface area contributed by atoms with Crippen LogP contribution in [-0.2, 0) is 19.9 Å². The van der Waals surface area contributed by atoms with E-state index in [1.165, 1.54) is 30.5 Å². The van der Waals surface area contributed by atoms with Gasteiger partial charge < -0.3 is 0 Å². The first-order valence-corrected chi connectivity index (χ1v) is 11.8. The van der Waals surface area contributed by atoms with Crippen molar-refractivity contribution < 1.29 is 21.6 Å². The average Bonchev–Trinajstić information content (AvgIpc) is 2.72. The number of hydrogen-bond donors (Lipinski definition) is 1. The van der Waals surface area contributed by atoms with E-state index in [-0.39, 0.29) is 5.56 Å². The number of aromatic nitrogens is 1. The summed E-state index contributed by atoms with van der Waals surface area (Å²) in [5.74, 6) is 4.13. The molecule has 3 rings (SSSR count). The summed E-state index contributed by atoms with van der Waals surface area (Å²) in [4.78, 5) is 15.5. The van der Waals surface area contributed by atoms with E-state index in [1.54, 1.807) is 0 Å². The molecule has 9 heteroatoms. The molecule has 3 aromatic rings. The van der Waals surface area contributed by atoms with Gasteiger partial charge >= 0.3 is 0 Å². The van der Waals surface area contributed by atoms with Gasteiger partial charge in [-0.25, -0.2) is 27.0 Å². The molecule has 7 nitrogen and oxygen atoms in total. The number of ketones is 1. The lowest BCUT2D eigenvalue weighted by atomic mass is 10.2. The molecule has 1 aromatic heterocycles. The van der Waals surface area contributed by atoms with E-state index < -0.39 is 41.2 Å². The summed E-state index contributed by atoms with van der Waals surface area (Å²) in [5.41, 5.74) is 1.29. The number of nitrogens with zero attached hydrogens (tertiary/aromatic N) is 1. The number of carbonyl (C=O) groups is 1. The van der Waals surface area contributed by atoms with Crippen molar-refractivity contribution in [2.24, 2.45) is 5.14 Å². The van der Waals surface area contributed by atoms with Crippen molar-refractivity contribution in [1.82, 2.24) is 4.98 Å². The van der Waals surface area contributed by atoms with Crippen molar-refractivity contribution in [3.63, 3.8) is 0 Å². The molecule has 0 radical (unpaired) electrons. The average molecular weight is 441 g/mol. The van der Waals surface area contributed by atoms with E-state index >= 15 is 0 Å². The van der Waals surface area contributed by atoms with E-state index in [4.69, 9.17) is 5.14 Å². The Labute approximate surface area is 174 Å². The van der Waals surface area contributed by atoms with Crippen molar-refractivity contribution in [3.8, 4) is 11.8 Å². The number of pyridine rings is 1. The number of sulfonamides is 1. The molecule has 0 saturated carbocycles. The first kappa shape index (κ1) is 21.4. The molecule has 0 saturated heterocycles. The van der Waals surface area contributed by atoms with Gasteiger partial charge in [0.25, 0.3) is 0 Å². The van der Waals surface area contributed by atoms with Gasteiger partial charge in [-0.05, 0) is 42.3 Å². The number of primary sulfonamides is 1. The monoisotopic (exact) mass is 440 g/mol. The number of rotatable bonds is 5. The highest BCUT2D eigenvalue weighted by molar-refractivity contribution is 7.94. The molecule has 2 aromatic carbocycles. The third-order valence-corrected chi connectivity index (χ3v) is 6.77. The minimum Gasteiger partial charge on any atom is -0.293 e. The number of hydrogen-bond acceptors (Lipinski definition) is 6. The lowest BCUT2D eigenvalue weighted by Gasteiger charge is -2.08. The standard InChI is InChI=1S/C21H16N2O5S2/c22-30(27,28)21-9-5-4-8-20(21)29(25,26)15-19(24)17-11-13-18(23-14-17)12-10-16-6-2-1-3-7-16/h1-9,11,13-14H,15H2,(H2,22,27,28). The van der Waals surface area contributed by atoms with E-state index in [0.29, 0.717) is 5.69 Å². The number of benzene rings is 2. The van der Waals surface area contributed by atoms with Crippen molar-refractivity contribution in [3.05, 3.63) is 89.7 Å². The van der Waals surface area contributed by atoms with Gasteiger partial charge in [0, 0.05) is 17.3 Å². The second-order valence-electron chi connectivity index (χ2n) is 6.22. The predicted molar refractivity (Wildman–Crippen MR) is 111 cm³/mol. The molecule has 0 bridgehead atoms. The molecular formula is C21H16N2O5S2. The highest BCUT2D eigenvalue weighted by Crippen LogP contribution is 2.21. The highest BCUT2D eigenvalue weighted by atomic mass is 32.2. The van der Waals surface area contributed by atoms with Gasteiger partial charge in [-0.1, -0.05) is 36.3 Å². The minimum atomic E-state index is -4.27. The van der Waals surface area contributed by atoms with Crippen LogP contribution in [0.3, 0.4) is 0 Å². The number of nitrogens with two attached hydrogens (primary N) is 1. The fourth-order valence-corrected chi connectivity index (χ4v) is 5.24. The van der Waals surface area contributed by atoms with Gasteiger partial charge in [0.15, 0.2) is 15.6 Å². The van der Waals surface area contributed by atoms with E-state index in [2.05, 4.69) is 16.8 Å². The number of Topliss-reactive ketones (excluding diaryl/α,β-unsaturated/α-hetero) is 1. The zero-order valence-corrected chi connectivity index (χ0v) is 17.2. The first-order valence-electron chi connectivity index (χ1n) is 8.58. The van der Waals surface area contributed by atoms with Gasteiger partial charge in [0.1, 0.15) is 16.3 Å². The fraction of sp³-hybridized carbons (Fsp3) is 0.0476. The third-order valence-electron chi connectivity index (χ3n) is 4.01. The van der Waals surface area contributed by atoms with Crippen LogP contribution in [0.2, 0.25) is 0 Å². The van der Waals surface area contributed by atoms with E-state index in [1.807, 2.05) is 30.3 Å². The summed E-state index contributed by atoms with van der Waals surface area (Å²) in [6, 6.07) is 17.1. The predicted octanol–water partition coefficient (Wildman–Crippen LogP) is 1.79. The SMILES string of the molecule is NS(=O)(=O)c1ccccc1S(=O)(=O)CC(=O)c1ccc(C#Cc2ccccc2)nc1. The first-order chi connectivity index (χ1) is 14.2. The largest absolute Gasteiger partial charge is 0.293 e. The molecule has 0 aliphatic rings. The minimum absolute atomic E-state index is 0.0666. The number of sulfone groups is 1. The molecule has 0 fully saturated rings. The van der Waals surface area contributed by atoms with Crippen LogP contribution in [-0.4, -0.2) is 33.4 Å². The molecule has 0 aliphatic heterocycles. The Morgan fingerprint density at radius 2 is 1.47 bits per heavy atom. The Kier molecular flexibility index (Phi) is 6.12. The zero-order chi connectivity index (χ0) is 21.8.